The third kappa shape index (κ3) is 3.29. The van der Waals surface area contributed by atoms with E-state index in [-0.39, 0.29) is 29.3 Å². The van der Waals surface area contributed by atoms with Crippen molar-refractivity contribution < 1.29 is 18.7 Å². The number of aromatic nitrogens is 2. The smallest absolute Gasteiger partial charge is 0.287 e. The van der Waals surface area contributed by atoms with Crippen molar-refractivity contribution in [2.45, 2.75) is 30.8 Å². The molecule has 1 aromatic carbocycles. The minimum Gasteiger partial charge on any atom is -0.493 e. The van der Waals surface area contributed by atoms with Crippen LogP contribution in [0, 0.1) is 0 Å². The fourth-order valence-corrected chi connectivity index (χ4v) is 3.74. The summed E-state index contributed by atoms with van der Waals surface area (Å²) < 4.78 is 18.0. The first-order valence-corrected chi connectivity index (χ1v) is 9.69. The third-order valence-electron chi connectivity index (χ3n) is 5.47. The molecule has 2 atom stereocenters. The van der Waals surface area contributed by atoms with Gasteiger partial charge >= 0.3 is 0 Å². The molecule has 5 rings (SSSR count). The number of para-hydroxylation sites is 1. The molecule has 2 aromatic heterocycles. The molecule has 1 amide bonds. The van der Waals surface area contributed by atoms with E-state index >= 15 is 0 Å². The van der Waals surface area contributed by atoms with Crippen molar-refractivity contribution in [1.82, 2.24) is 15.1 Å². The molecule has 3 heterocycles. The molecule has 8 heteroatoms. The molecule has 0 bridgehead atoms. The molecule has 1 saturated carbocycles. The van der Waals surface area contributed by atoms with Gasteiger partial charge in [0.2, 0.25) is 0 Å². The van der Waals surface area contributed by atoms with Gasteiger partial charge in [-0.1, -0.05) is 12.1 Å². The van der Waals surface area contributed by atoms with Gasteiger partial charge in [0.1, 0.15) is 6.04 Å². The number of furan rings is 1. The molecule has 3 aromatic rings. The summed E-state index contributed by atoms with van der Waals surface area (Å²) in [6.07, 6.45) is 2.20. The molecule has 0 radical (unpaired) electrons. The number of nitrogens with one attached hydrogen (secondary N) is 1. The van der Waals surface area contributed by atoms with Crippen molar-refractivity contribution in [3.8, 4) is 5.75 Å². The fraction of sp³-hybridized carbons (Fsp3) is 0.381. The molecule has 2 fully saturated rings. The van der Waals surface area contributed by atoms with Crippen molar-refractivity contribution in [1.29, 1.82) is 0 Å². The van der Waals surface area contributed by atoms with E-state index in [2.05, 4.69) is 10.4 Å². The number of hydrogen-bond acceptors (Lipinski definition) is 6. The number of carbonyl (C=O) groups is 1. The highest BCUT2D eigenvalue weighted by molar-refractivity contribution is 5.97. The average molecular weight is 395 g/mol. The number of fused-ring (bicyclic) bond motifs is 1. The van der Waals surface area contributed by atoms with E-state index in [9.17, 15) is 9.59 Å². The topological polar surface area (TPSA) is 95.6 Å². The SMILES string of the molecule is COc1cccc2cc(C(=O)NC3COCC3n3nc(C4CC4)ccc3=O)oc12. The van der Waals surface area contributed by atoms with Crippen LogP contribution in [-0.4, -0.2) is 42.1 Å². The Morgan fingerprint density at radius 1 is 1.24 bits per heavy atom. The summed E-state index contributed by atoms with van der Waals surface area (Å²) in [5.41, 5.74) is 1.25. The summed E-state index contributed by atoms with van der Waals surface area (Å²) in [6, 6.07) is 9.75. The largest absolute Gasteiger partial charge is 0.493 e. The Balaban J connectivity index is 1.39. The van der Waals surface area contributed by atoms with Crippen molar-refractivity contribution in [3.63, 3.8) is 0 Å². The summed E-state index contributed by atoms with van der Waals surface area (Å²) >= 11 is 0. The van der Waals surface area contributed by atoms with Gasteiger partial charge in [-0.3, -0.25) is 9.59 Å². The summed E-state index contributed by atoms with van der Waals surface area (Å²) in [5, 5.41) is 8.25. The molecule has 1 aliphatic heterocycles. The van der Waals surface area contributed by atoms with Gasteiger partial charge in [-0.15, -0.1) is 0 Å². The van der Waals surface area contributed by atoms with Gasteiger partial charge in [-0.2, -0.15) is 5.10 Å². The molecule has 8 nitrogen and oxygen atoms in total. The first-order chi connectivity index (χ1) is 14.1. The molecule has 2 aliphatic rings. The van der Waals surface area contributed by atoms with Crippen molar-refractivity contribution >= 4 is 16.9 Å². The molecule has 2 unspecified atom stereocenters. The molecule has 0 spiro atoms. The van der Waals surface area contributed by atoms with Crippen LogP contribution in [0.2, 0.25) is 0 Å². The first-order valence-electron chi connectivity index (χ1n) is 9.69. The Labute approximate surface area is 166 Å². The maximum absolute atomic E-state index is 12.8. The van der Waals surface area contributed by atoms with Crippen LogP contribution in [0.3, 0.4) is 0 Å². The maximum atomic E-state index is 12.8. The zero-order chi connectivity index (χ0) is 20.0. The van der Waals surface area contributed by atoms with Gasteiger partial charge in [-0.05, 0) is 31.0 Å². The molecule has 1 aliphatic carbocycles. The Morgan fingerprint density at radius 3 is 2.90 bits per heavy atom. The highest BCUT2D eigenvalue weighted by atomic mass is 16.5. The minimum atomic E-state index is -0.378. The lowest BCUT2D eigenvalue weighted by Gasteiger charge is -2.20. The normalized spacial score (nSPS) is 21.4. The molecule has 150 valence electrons. The van der Waals surface area contributed by atoms with Crippen LogP contribution in [0.25, 0.3) is 11.0 Å². The van der Waals surface area contributed by atoms with E-state index in [4.69, 9.17) is 13.9 Å². The number of rotatable bonds is 5. The van der Waals surface area contributed by atoms with E-state index in [0.29, 0.717) is 30.5 Å². The van der Waals surface area contributed by atoms with Crippen LogP contribution < -0.4 is 15.6 Å². The first kappa shape index (κ1) is 17.9. The van der Waals surface area contributed by atoms with Gasteiger partial charge in [0, 0.05) is 17.4 Å². The summed E-state index contributed by atoms with van der Waals surface area (Å²) in [6.45, 7) is 0.627. The summed E-state index contributed by atoms with van der Waals surface area (Å²) in [5.74, 6) is 0.816. The second kappa shape index (κ2) is 7.04. The van der Waals surface area contributed by atoms with Gasteiger partial charge in [0.15, 0.2) is 17.1 Å². The number of benzene rings is 1. The second-order valence-electron chi connectivity index (χ2n) is 7.49. The second-order valence-corrected chi connectivity index (χ2v) is 7.49. The van der Waals surface area contributed by atoms with E-state index in [1.165, 1.54) is 4.68 Å². The van der Waals surface area contributed by atoms with Gasteiger partial charge in [0.25, 0.3) is 11.5 Å². The minimum absolute atomic E-state index is 0.183. The van der Waals surface area contributed by atoms with E-state index in [1.807, 2.05) is 12.1 Å². The average Bonchev–Trinajstić information content (AvgIpc) is 3.32. The number of carbonyl (C=O) groups excluding carboxylic acids is 1. The molecule has 1 saturated heterocycles. The van der Waals surface area contributed by atoms with Crippen molar-refractivity contribution in [2.75, 3.05) is 20.3 Å². The predicted molar refractivity (Wildman–Crippen MR) is 104 cm³/mol. The number of ether oxygens (including phenoxy) is 2. The van der Waals surface area contributed by atoms with Crippen LogP contribution in [0.1, 0.15) is 41.1 Å². The van der Waals surface area contributed by atoms with Gasteiger partial charge < -0.3 is 19.2 Å². The van der Waals surface area contributed by atoms with E-state index in [1.54, 1.807) is 31.4 Å². The third-order valence-corrected chi connectivity index (χ3v) is 5.47. The zero-order valence-corrected chi connectivity index (χ0v) is 16.0. The van der Waals surface area contributed by atoms with Crippen LogP contribution >= 0.6 is 0 Å². The fourth-order valence-electron chi connectivity index (χ4n) is 3.74. The lowest BCUT2D eigenvalue weighted by atomic mass is 10.1. The monoisotopic (exact) mass is 395 g/mol. The number of hydrogen-bond donors (Lipinski definition) is 1. The lowest BCUT2D eigenvalue weighted by molar-refractivity contribution is 0.0898. The number of nitrogens with zero attached hydrogens (tertiary/aromatic N) is 2. The van der Waals surface area contributed by atoms with Crippen LogP contribution in [0.5, 0.6) is 5.75 Å². The van der Waals surface area contributed by atoms with Crippen molar-refractivity contribution in [3.05, 3.63) is 58.2 Å². The van der Waals surface area contributed by atoms with Crippen molar-refractivity contribution in [2.24, 2.45) is 0 Å². The standard InChI is InChI=1S/C21H21N3O5/c1-27-17-4-2-3-13-9-18(29-20(13)17)21(26)22-15-10-28-11-16(15)24-19(25)8-7-14(23-24)12-5-6-12/h2-4,7-9,12,15-16H,5-6,10-11H2,1H3,(H,22,26). The summed E-state index contributed by atoms with van der Waals surface area (Å²) in [4.78, 5) is 25.2. The molecular weight excluding hydrogens is 374 g/mol. The molecule has 1 N–H and O–H groups in total. The Morgan fingerprint density at radius 2 is 2.10 bits per heavy atom. The predicted octanol–water partition coefficient (Wildman–Crippen LogP) is 2.25. The molecular formula is C21H21N3O5. The number of methoxy groups -OCH3 is 1. The van der Waals surface area contributed by atoms with Crippen LogP contribution in [0.4, 0.5) is 0 Å². The highest BCUT2D eigenvalue weighted by Crippen LogP contribution is 2.38. The maximum Gasteiger partial charge on any atom is 0.287 e. The Bertz CT molecular complexity index is 1130. The summed E-state index contributed by atoms with van der Waals surface area (Å²) in [7, 11) is 1.55. The van der Waals surface area contributed by atoms with Gasteiger partial charge in [-0.25, -0.2) is 4.68 Å². The number of amides is 1. The van der Waals surface area contributed by atoms with Crippen LogP contribution in [-0.2, 0) is 4.74 Å². The van der Waals surface area contributed by atoms with Crippen LogP contribution in [0.15, 0.2) is 45.6 Å². The van der Waals surface area contributed by atoms with Gasteiger partial charge in [0.05, 0.1) is 32.1 Å². The highest BCUT2D eigenvalue weighted by Gasteiger charge is 2.34. The molecule has 29 heavy (non-hydrogen) atoms. The van der Waals surface area contributed by atoms with E-state index < -0.39 is 0 Å². The lowest BCUT2D eigenvalue weighted by Crippen LogP contribution is -2.44. The zero-order valence-electron chi connectivity index (χ0n) is 16.0. The quantitative estimate of drug-likeness (QED) is 0.712. The Kier molecular flexibility index (Phi) is 4.35. The Hall–Kier alpha value is -3.13. The van der Waals surface area contributed by atoms with E-state index in [0.717, 1.165) is 23.9 Å².